The number of nitrogens with zero attached hydrogens (tertiary/aromatic N) is 4. The third-order valence-corrected chi connectivity index (χ3v) is 3.44. The van der Waals surface area contributed by atoms with Gasteiger partial charge in [0.2, 0.25) is 0 Å². The Bertz CT molecular complexity index is 638. The summed E-state index contributed by atoms with van der Waals surface area (Å²) in [5.74, 6) is 0.839. The van der Waals surface area contributed by atoms with Crippen LogP contribution < -0.4 is 10.2 Å². The van der Waals surface area contributed by atoms with Crippen molar-refractivity contribution in [1.82, 2.24) is 15.5 Å². The Morgan fingerprint density at radius 2 is 1.95 bits per heavy atom. The minimum atomic E-state index is -0.411. The molecule has 0 saturated carbocycles. The maximum absolute atomic E-state index is 10.8. The molecule has 0 atom stereocenters. The van der Waals surface area contributed by atoms with Crippen LogP contribution in [0, 0.1) is 10.1 Å². The summed E-state index contributed by atoms with van der Waals surface area (Å²) >= 11 is 0. The van der Waals surface area contributed by atoms with Gasteiger partial charge in [0, 0.05) is 43.9 Å². The van der Waals surface area contributed by atoms with Gasteiger partial charge in [0.25, 0.3) is 5.69 Å². The predicted octanol–water partition coefficient (Wildman–Crippen LogP) is 1.46. The van der Waals surface area contributed by atoms with E-state index in [1.54, 1.807) is 12.1 Å². The van der Waals surface area contributed by atoms with Crippen molar-refractivity contribution in [2.24, 2.45) is 0 Å². The molecule has 108 valence electrons. The molecule has 7 nitrogen and oxygen atoms in total. The number of hydrogen-bond donors (Lipinski definition) is 1. The lowest BCUT2D eigenvalue weighted by atomic mass is 10.1. The number of benzene rings is 1. The van der Waals surface area contributed by atoms with E-state index in [4.69, 9.17) is 0 Å². The van der Waals surface area contributed by atoms with Gasteiger partial charge in [-0.15, -0.1) is 10.2 Å². The lowest BCUT2D eigenvalue weighted by molar-refractivity contribution is -0.384. The highest BCUT2D eigenvalue weighted by molar-refractivity contribution is 5.62. The molecule has 1 fully saturated rings. The summed E-state index contributed by atoms with van der Waals surface area (Å²) in [5, 5.41) is 22.5. The van der Waals surface area contributed by atoms with Crippen molar-refractivity contribution in [3.63, 3.8) is 0 Å². The second-order valence-electron chi connectivity index (χ2n) is 4.82. The van der Waals surface area contributed by atoms with E-state index in [1.165, 1.54) is 12.1 Å². The predicted molar refractivity (Wildman–Crippen MR) is 79.2 cm³/mol. The third kappa shape index (κ3) is 2.97. The molecule has 2 heterocycles. The molecule has 2 aromatic rings. The van der Waals surface area contributed by atoms with Crippen LogP contribution in [0.1, 0.15) is 0 Å². The van der Waals surface area contributed by atoms with E-state index < -0.39 is 4.92 Å². The van der Waals surface area contributed by atoms with Crippen molar-refractivity contribution < 1.29 is 4.92 Å². The number of aromatic nitrogens is 2. The summed E-state index contributed by atoms with van der Waals surface area (Å²) < 4.78 is 0. The minimum absolute atomic E-state index is 0.0560. The van der Waals surface area contributed by atoms with Crippen LogP contribution in [0.15, 0.2) is 36.4 Å². The van der Waals surface area contributed by atoms with Gasteiger partial charge in [-0.1, -0.05) is 12.1 Å². The molecule has 0 spiro atoms. The van der Waals surface area contributed by atoms with Crippen LogP contribution in [-0.4, -0.2) is 41.3 Å². The van der Waals surface area contributed by atoms with Gasteiger partial charge in [-0.25, -0.2) is 0 Å². The van der Waals surface area contributed by atoms with Gasteiger partial charge in [0.1, 0.15) is 0 Å². The molecule has 1 aliphatic heterocycles. The number of non-ortho nitro benzene ring substituents is 1. The molecule has 21 heavy (non-hydrogen) atoms. The summed E-state index contributed by atoms with van der Waals surface area (Å²) in [7, 11) is 0. The Balaban J connectivity index is 1.83. The quantitative estimate of drug-likeness (QED) is 0.679. The largest absolute Gasteiger partial charge is 0.353 e. The third-order valence-electron chi connectivity index (χ3n) is 3.44. The first-order chi connectivity index (χ1) is 10.2. The van der Waals surface area contributed by atoms with Gasteiger partial charge >= 0.3 is 0 Å². The van der Waals surface area contributed by atoms with Crippen molar-refractivity contribution in [2.45, 2.75) is 0 Å². The number of hydrogen-bond acceptors (Lipinski definition) is 6. The molecule has 1 aromatic carbocycles. The van der Waals surface area contributed by atoms with Crippen molar-refractivity contribution >= 4 is 11.5 Å². The monoisotopic (exact) mass is 285 g/mol. The highest BCUT2D eigenvalue weighted by atomic mass is 16.6. The first-order valence-corrected chi connectivity index (χ1v) is 6.78. The Labute approximate surface area is 121 Å². The van der Waals surface area contributed by atoms with E-state index in [-0.39, 0.29) is 5.69 Å². The average Bonchev–Trinajstić information content (AvgIpc) is 2.56. The topological polar surface area (TPSA) is 84.2 Å². The lowest BCUT2D eigenvalue weighted by Gasteiger charge is -2.27. The van der Waals surface area contributed by atoms with Crippen molar-refractivity contribution in [3.05, 3.63) is 46.5 Å². The fourth-order valence-electron chi connectivity index (χ4n) is 2.32. The summed E-state index contributed by atoms with van der Waals surface area (Å²) in [6.45, 7) is 3.69. The van der Waals surface area contributed by atoms with Crippen LogP contribution in [0.2, 0.25) is 0 Å². The molecule has 0 unspecified atom stereocenters. The van der Waals surface area contributed by atoms with Gasteiger partial charge in [0.15, 0.2) is 5.82 Å². The number of nitrogens with one attached hydrogen (secondary N) is 1. The molecule has 1 aromatic heterocycles. The van der Waals surface area contributed by atoms with E-state index in [1.807, 2.05) is 12.1 Å². The van der Waals surface area contributed by atoms with Gasteiger partial charge in [-0.2, -0.15) is 0 Å². The average molecular weight is 285 g/mol. The SMILES string of the molecule is O=[N+]([O-])c1cccc(-c2ccc(N3CCNCC3)nn2)c1. The van der Waals surface area contributed by atoms with Gasteiger partial charge in [-0.05, 0) is 12.1 Å². The standard InChI is InChI=1S/C14H15N5O2/c20-19(21)12-3-1-2-11(10-12)13-4-5-14(17-16-13)18-8-6-15-7-9-18/h1-5,10,15H,6-9H2. The summed E-state index contributed by atoms with van der Waals surface area (Å²) in [5.41, 5.74) is 1.39. The second kappa shape index (κ2) is 5.84. The Morgan fingerprint density at radius 3 is 2.62 bits per heavy atom. The van der Waals surface area contributed by atoms with Gasteiger partial charge < -0.3 is 10.2 Å². The number of piperazine rings is 1. The van der Waals surface area contributed by atoms with E-state index >= 15 is 0 Å². The fourth-order valence-corrected chi connectivity index (χ4v) is 2.32. The van der Waals surface area contributed by atoms with Crippen LogP contribution >= 0.6 is 0 Å². The summed E-state index contributed by atoms with van der Waals surface area (Å²) in [4.78, 5) is 12.6. The summed E-state index contributed by atoms with van der Waals surface area (Å²) in [6.07, 6.45) is 0. The maximum atomic E-state index is 10.8. The number of anilines is 1. The van der Waals surface area contributed by atoms with E-state index in [9.17, 15) is 10.1 Å². The Hall–Kier alpha value is -2.54. The zero-order chi connectivity index (χ0) is 14.7. The van der Waals surface area contributed by atoms with Crippen LogP contribution in [0.4, 0.5) is 11.5 Å². The second-order valence-corrected chi connectivity index (χ2v) is 4.82. The zero-order valence-corrected chi connectivity index (χ0v) is 11.4. The number of nitro groups is 1. The molecule has 3 rings (SSSR count). The highest BCUT2D eigenvalue weighted by Gasteiger charge is 2.13. The fraction of sp³-hybridized carbons (Fsp3) is 0.286. The van der Waals surface area contributed by atoms with Crippen LogP contribution in [0.5, 0.6) is 0 Å². The number of rotatable bonds is 3. The number of nitro benzene ring substituents is 1. The normalized spacial score (nSPS) is 15.0. The zero-order valence-electron chi connectivity index (χ0n) is 11.4. The highest BCUT2D eigenvalue weighted by Crippen LogP contribution is 2.22. The summed E-state index contributed by atoms with van der Waals surface area (Å²) in [6, 6.07) is 10.2. The molecule has 0 aliphatic carbocycles. The molecule has 0 amide bonds. The molecule has 1 saturated heterocycles. The minimum Gasteiger partial charge on any atom is -0.353 e. The van der Waals surface area contributed by atoms with Crippen molar-refractivity contribution in [1.29, 1.82) is 0 Å². The lowest BCUT2D eigenvalue weighted by Crippen LogP contribution is -2.43. The van der Waals surface area contributed by atoms with Crippen LogP contribution in [0.25, 0.3) is 11.3 Å². The van der Waals surface area contributed by atoms with Crippen LogP contribution in [0.3, 0.4) is 0 Å². The van der Waals surface area contributed by atoms with Crippen LogP contribution in [-0.2, 0) is 0 Å². The van der Waals surface area contributed by atoms with Gasteiger partial charge in [-0.3, -0.25) is 10.1 Å². The maximum Gasteiger partial charge on any atom is 0.270 e. The van der Waals surface area contributed by atoms with Crippen molar-refractivity contribution in [3.8, 4) is 11.3 Å². The van der Waals surface area contributed by atoms with E-state index in [0.717, 1.165) is 32.0 Å². The molecule has 1 N–H and O–H groups in total. The Morgan fingerprint density at radius 1 is 1.14 bits per heavy atom. The molecule has 7 heteroatoms. The first-order valence-electron chi connectivity index (χ1n) is 6.78. The van der Waals surface area contributed by atoms with E-state index in [2.05, 4.69) is 20.4 Å². The Kier molecular flexibility index (Phi) is 3.74. The first kappa shape index (κ1) is 13.4. The molecule has 1 aliphatic rings. The van der Waals surface area contributed by atoms with E-state index in [0.29, 0.717) is 11.3 Å². The molecule has 0 bridgehead atoms. The smallest absolute Gasteiger partial charge is 0.270 e. The van der Waals surface area contributed by atoms with Crippen molar-refractivity contribution in [2.75, 3.05) is 31.1 Å². The van der Waals surface area contributed by atoms with Gasteiger partial charge in [0.05, 0.1) is 10.6 Å². The molecule has 0 radical (unpaired) electrons. The molecular weight excluding hydrogens is 270 g/mol. The molecular formula is C14H15N5O2.